The van der Waals surface area contributed by atoms with E-state index in [1.807, 2.05) is 26.0 Å². The summed E-state index contributed by atoms with van der Waals surface area (Å²) in [4.78, 5) is 11.1. The van der Waals surface area contributed by atoms with E-state index in [1.165, 1.54) is 7.11 Å². The first-order chi connectivity index (χ1) is 7.02. The van der Waals surface area contributed by atoms with Gasteiger partial charge >= 0.3 is 5.97 Å². The second kappa shape index (κ2) is 4.94. The van der Waals surface area contributed by atoms with Gasteiger partial charge in [0.2, 0.25) is 0 Å². The van der Waals surface area contributed by atoms with Gasteiger partial charge in [-0.15, -0.1) is 0 Å². The molecule has 0 saturated carbocycles. The largest absolute Gasteiger partial charge is 0.469 e. The van der Waals surface area contributed by atoms with E-state index < -0.39 is 0 Å². The molecule has 1 aromatic carbocycles. The molecule has 0 amide bonds. The SMILES string of the molecule is COC(=O)C[C@H](N)c1cc(C)cc(C)c1. The van der Waals surface area contributed by atoms with Crippen LogP contribution in [0.5, 0.6) is 0 Å². The minimum atomic E-state index is -0.281. The molecule has 0 unspecified atom stereocenters. The van der Waals surface area contributed by atoms with Gasteiger partial charge in [-0.1, -0.05) is 29.3 Å². The van der Waals surface area contributed by atoms with Crippen LogP contribution in [0.1, 0.15) is 29.2 Å². The van der Waals surface area contributed by atoms with Crippen molar-refractivity contribution in [3.63, 3.8) is 0 Å². The smallest absolute Gasteiger partial charge is 0.307 e. The second-order valence-electron chi connectivity index (χ2n) is 3.81. The summed E-state index contributed by atoms with van der Waals surface area (Å²) < 4.78 is 4.58. The van der Waals surface area contributed by atoms with Crippen molar-refractivity contribution >= 4 is 5.97 Å². The minimum absolute atomic E-state index is 0.222. The molecule has 0 bridgehead atoms. The highest BCUT2D eigenvalue weighted by molar-refractivity contribution is 5.70. The average molecular weight is 207 g/mol. The third-order valence-corrected chi connectivity index (χ3v) is 2.29. The van der Waals surface area contributed by atoms with Crippen LogP contribution in [0.15, 0.2) is 18.2 Å². The molecule has 0 aromatic heterocycles. The lowest BCUT2D eigenvalue weighted by Gasteiger charge is -2.12. The molecule has 2 N–H and O–H groups in total. The van der Waals surface area contributed by atoms with Crippen LogP contribution in [-0.4, -0.2) is 13.1 Å². The maximum absolute atomic E-state index is 11.1. The monoisotopic (exact) mass is 207 g/mol. The predicted molar refractivity (Wildman–Crippen MR) is 59.5 cm³/mol. The Kier molecular flexibility index (Phi) is 3.86. The van der Waals surface area contributed by atoms with Gasteiger partial charge in [-0.05, 0) is 19.4 Å². The zero-order valence-corrected chi connectivity index (χ0v) is 9.41. The predicted octanol–water partition coefficient (Wildman–Crippen LogP) is 1.87. The zero-order valence-electron chi connectivity index (χ0n) is 9.41. The van der Waals surface area contributed by atoms with Crippen LogP contribution in [0, 0.1) is 13.8 Å². The van der Waals surface area contributed by atoms with Crippen molar-refractivity contribution in [3.05, 3.63) is 34.9 Å². The number of esters is 1. The zero-order chi connectivity index (χ0) is 11.4. The van der Waals surface area contributed by atoms with Crippen LogP contribution < -0.4 is 5.73 Å². The van der Waals surface area contributed by atoms with E-state index in [1.54, 1.807) is 0 Å². The Morgan fingerprint density at radius 3 is 2.33 bits per heavy atom. The molecule has 0 aliphatic rings. The molecule has 0 aliphatic heterocycles. The number of hydrogen-bond donors (Lipinski definition) is 1. The van der Waals surface area contributed by atoms with Gasteiger partial charge in [-0.2, -0.15) is 0 Å². The van der Waals surface area contributed by atoms with Gasteiger partial charge in [0.15, 0.2) is 0 Å². The normalized spacial score (nSPS) is 12.3. The molecular formula is C12H17NO2. The summed E-state index contributed by atoms with van der Waals surface area (Å²) in [6.45, 7) is 4.03. The Morgan fingerprint density at radius 1 is 1.33 bits per heavy atom. The maximum Gasteiger partial charge on any atom is 0.307 e. The molecule has 3 heteroatoms. The summed E-state index contributed by atoms with van der Waals surface area (Å²) in [6.07, 6.45) is 0.222. The van der Waals surface area contributed by atoms with Crippen molar-refractivity contribution < 1.29 is 9.53 Å². The first-order valence-electron chi connectivity index (χ1n) is 4.93. The van der Waals surface area contributed by atoms with E-state index in [-0.39, 0.29) is 18.4 Å². The molecule has 0 spiro atoms. The lowest BCUT2D eigenvalue weighted by molar-refractivity contribution is -0.141. The highest BCUT2D eigenvalue weighted by Gasteiger charge is 2.12. The molecule has 1 atom stereocenters. The van der Waals surface area contributed by atoms with Gasteiger partial charge in [0, 0.05) is 6.04 Å². The van der Waals surface area contributed by atoms with E-state index in [2.05, 4.69) is 10.8 Å². The van der Waals surface area contributed by atoms with Crippen molar-refractivity contribution in [1.29, 1.82) is 0 Å². The Hall–Kier alpha value is -1.35. The highest BCUT2D eigenvalue weighted by atomic mass is 16.5. The average Bonchev–Trinajstić information content (AvgIpc) is 2.16. The standard InChI is InChI=1S/C12H17NO2/c1-8-4-9(2)6-10(5-8)11(13)7-12(14)15-3/h4-6,11H,7,13H2,1-3H3/t11-/m0/s1. The fraction of sp³-hybridized carbons (Fsp3) is 0.417. The van der Waals surface area contributed by atoms with Crippen LogP contribution in [0.25, 0.3) is 0 Å². The summed E-state index contributed by atoms with van der Waals surface area (Å²) in [6, 6.07) is 5.80. The van der Waals surface area contributed by atoms with Gasteiger partial charge in [0.05, 0.1) is 13.5 Å². The van der Waals surface area contributed by atoms with Gasteiger partial charge in [0.1, 0.15) is 0 Å². The van der Waals surface area contributed by atoms with Crippen molar-refractivity contribution in [1.82, 2.24) is 0 Å². The number of methoxy groups -OCH3 is 1. The van der Waals surface area contributed by atoms with E-state index in [0.717, 1.165) is 16.7 Å². The second-order valence-corrected chi connectivity index (χ2v) is 3.81. The fourth-order valence-corrected chi connectivity index (χ4v) is 1.60. The number of hydrogen-bond acceptors (Lipinski definition) is 3. The van der Waals surface area contributed by atoms with E-state index in [4.69, 9.17) is 5.73 Å². The van der Waals surface area contributed by atoms with Crippen LogP contribution >= 0.6 is 0 Å². The molecule has 0 fully saturated rings. The minimum Gasteiger partial charge on any atom is -0.469 e. The lowest BCUT2D eigenvalue weighted by Crippen LogP contribution is -2.16. The summed E-state index contributed by atoms with van der Waals surface area (Å²) in [5.74, 6) is -0.276. The summed E-state index contributed by atoms with van der Waals surface area (Å²) >= 11 is 0. The number of nitrogens with two attached hydrogens (primary N) is 1. The number of ether oxygens (including phenoxy) is 1. The van der Waals surface area contributed by atoms with Crippen LogP contribution in [0.2, 0.25) is 0 Å². The van der Waals surface area contributed by atoms with Crippen molar-refractivity contribution in [2.75, 3.05) is 7.11 Å². The lowest BCUT2D eigenvalue weighted by atomic mass is 10.00. The van der Waals surface area contributed by atoms with Crippen LogP contribution in [-0.2, 0) is 9.53 Å². The van der Waals surface area contributed by atoms with Gasteiger partial charge in [0.25, 0.3) is 0 Å². The molecule has 82 valence electrons. The molecule has 0 saturated heterocycles. The van der Waals surface area contributed by atoms with E-state index in [9.17, 15) is 4.79 Å². The molecule has 1 rings (SSSR count). The van der Waals surface area contributed by atoms with Gasteiger partial charge in [-0.3, -0.25) is 4.79 Å². The van der Waals surface area contributed by atoms with Gasteiger partial charge < -0.3 is 10.5 Å². The maximum atomic E-state index is 11.1. The van der Waals surface area contributed by atoms with Crippen molar-refractivity contribution in [2.24, 2.45) is 5.73 Å². The van der Waals surface area contributed by atoms with Crippen LogP contribution in [0.3, 0.4) is 0 Å². The number of carbonyl (C=O) groups excluding carboxylic acids is 1. The van der Waals surface area contributed by atoms with Crippen molar-refractivity contribution in [3.8, 4) is 0 Å². The van der Waals surface area contributed by atoms with Crippen LogP contribution in [0.4, 0.5) is 0 Å². The quantitative estimate of drug-likeness (QED) is 0.770. The number of benzene rings is 1. The number of rotatable bonds is 3. The van der Waals surface area contributed by atoms with E-state index >= 15 is 0 Å². The molecule has 1 aromatic rings. The van der Waals surface area contributed by atoms with Gasteiger partial charge in [-0.25, -0.2) is 0 Å². The molecule has 15 heavy (non-hydrogen) atoms. The fourth-order valence-electron chi connectivity index (χ4n) is 1.60. The summed E-state index contributed by atoms with van der Waals surface area (Å²) in [5.41, 5.74) is 9.21. The first-order valence-corrected chi connectivity index (χ1v) is 4.93. The third kappa shape index (κ3) is 3.36. The summed E-state index contributed by atoms with van der Waals surface area (Å²) in [5, 5.41) is 0. The molecular weight excluding hydrogens is 190 g/mol. The highest BCUT2D eigenvalue weighted by Crippen LogP contribution is 2.17. The molecule has 3 nitrogen and oxygen atoms in total. The van der Waals surface area contributed by atoms with E-state index in [0.29, 0.717) is 0 Å². The third-order valence-electron chi connectivity index (χ3n) is 2.29. The first kappa shape index (κ1) is 11.7. The Bertz CT molecular complexity index is 340. The number of carbonyl (C=O) groups is 1. The Balaban J connectivity index is 2.81. The Labute approximate surface area is 90.2 Å². The number of aryl methyl sites for hydroxylation is 2. The summed E-state index contributed by atoms with van der Waals surface area (Å²) in [7, 11) is 1.37. The molecule has 0 radical (unpaired) electrons. The topological polar surface area (TPSA) is 52.3 Å². The molecule has 0 heterocycles. The molecule has 0 aliphatic carbocycles. The van der Waals surface area contributed by atoms with Crippen molar-refractivity contribution in [2.45, 2.75) is 26.3 Å². The Morgan fingerprint density at radius 2 is 1.87 bits per heavy atom.